The Morgan fingerprint density at radius 1 is 1.09 bits per heavy atom. The van der Waals surface area contributed by atoms with Gasteiger partial charge < -0.3 is 5.32 Å². The average molecular weight is 311 g/mol. The predicted molar refractivity (Wildman–Crippen MR) is 95.8 cm³/mol. The van der Waals surface area contributed by atoms with E-state index in [1.807, 2.05) is 48.2 Å². The van der Waals surface area contributed by atoms with E-state index in [4.69, 9.17) is 0 Å². The number of hydrogen-bond acceptors (Lipinski definition) is 2. The molecule has 0 aliphatic rings. The van der Waals surface area contributed by atoms with Crippen LogP contribution in [0.1, 0.15) is 16.7 Å². The van der Waals surface area contributed by atoms with E-state index in [2.05, 4.69) is 36.5 Å². The van der Waals surface area contributed by atoms with Gasteiger partial charge in [-0.25, -0.2) is 0 Å². The van der Waals surface area contributed by atoms with Crippen LogP contribution in [0.3, 0.4) is 0 Å². The lowest BCUT2D eigenvalue weighted by molar-refractivity contribution is -0.116. The first-order valence-corrected chi connectivity index (χ1v) is 8.54. The molecule has 2 aromatic carbocycles. The lowest BCUT2D eigenvalue weighted by Crippen LogP contribution is -2.23. The molecule has 0 saturated heterocycles. The van der Waals surface area contributed by atoms with Gasteiger partial charge >= 0.3 is 0 Å². The Bertz CT molecular complexity index is 605. The first-order valence-electron chi connectivity index (χ1n) is 7.38. The molecule has 2 rings (SSSR count). The van der Waals surface area contributed by atoms with Crippen LogP contribution in [0.15, 0.2) is 60.7 Å². The largest absolute Gasteiger partial charge is 0.352 e. The minimum atomic E-state index is -0.0419. The fraction of sp³-hybridized carbons (Fsp3) is 0.211. The van der Waals surface area contributed by atoms with Gasteiger partial charge in [0, 0.05) is 24.1 Å². The Labute approximate surface area is 136 Å². The minimum Gasteiger partial charge on any atom is -0.352 e. The van der Waals surface area contributed by atoms with E-state index in [0.29, 0.717) is 6.54 Å². The Morgan fingerprint density at radius 2 is 1.82 bits per heavy atom. The highest BCUT2D eigenvalue weighted by molar-refractivity contribution is 7.98. The molecule has 2 aromatic rings. The second-order valence-corrected chi connectivity index (χ2v) is 6.18. The van der Waals surface area contributed by atoms with Crippen molar-refractivity contribution in [2.45, 2.75) is 12.7 Å². The van der Waals surface area contributed by atoms with Crippen LogP contribution in [-0.2, 0) is 10.5 Å². The number of hydrogen-bond donors (Lipinski definition) is 1. The summed E-state index contributed by atoms with van der Waals surface area (Å²) in [4.78, 5) is 11.7. The third-order valence-corrected chi connectivity index (χ3v) is 4.19. The molecule has 3 heteroatoms. The van der Waals surface area contributed by atoms with Crippen LogP contribution in [0.5, 0.6) is 0 Å². The van der Waals surface area contributed by atoms with E-state index in [9.17, 15) is 4.79 Å². The number of carbonyl (C=O) groups is 1. The molecule has 0 aliphatic carbocycles. The van der Waals surface area contributed by atoms with E-state index in [-0.39, 0.29) is 5.91 Å². The third kappa shape index (κ3) is 6.19. The fourth-order valence-electron chi connectivity index (χ4n) is 1.92. The molecule has 0 fully saturated rings. The van der Waals surface area contributed by atoms with Gasteiger partial charge in [0.1, 0.15) is 0 Å². The maximum Gasteiger partial charge on any atom is 0.244 e. The van der Waals surface area contributed by atoms with E-state index in [0.717, 1.165) is 17.1 Å². The zero-order valence-electron chi connectivity index (χ0n) is 12.8. The van der Waals surface area contributed by atoms with E-state index >= 15 is 0 Å². The molecule has 0 aliphatic heterocycles. The highest BCUT2D eigenvalue weighted by atomic mass is 32.2. The summed E-state index contributed by atoms with van der Waals surface area (Å²) < 4.78 is 0. The topological polar surface area (TPSA) is 29.1 Å². The van der Waals surface area contributed by atoms with Crippen LogP contribution >= 0.6 is 11.8 Å². The quantitative estimate of drug-likeness (QED) is 0.617. The van der Waals surface area contributed by atoms with Crippen molar-refractivity contribution in [2.75, 3.05) is 12.3 Å². The standard InChI is InChI=1S/C19H21NOS/c1-16-7-9-18(10-8-16)15-22-14-13-20-19(21)12-11-17-5-3-2-4-6-17/h2-12H,13-15H2,1H3,(H,20,21)/b12-11+. The predicted octanol–water partition coefficient (Wildman–Crippen LogP) is 4.06. The highest BCUT2D eigenvalue weighted by Gasteiger charge is 1.96. The molecule has 0 bridgehead atoms. The summed E-state index contributed by atoms with van der Waals surface area (Å²) in [7, 11) is 0. The van der Waals surface area contributed by atoms with Crippen LogP contribution < -0.4 is 5.32 Å². The zero-order valence-corrected chi connectivity index (χ0v) is 13.6. The molecule has 0 radical (unpaired) electrons. The maximum absolute atomic E-state index is 11.7. The monoisotopic (exact) mass is 311 g/mol. The van der Waals surface area contributed by atoms with Crippen LogP contribution in [0.2, 0.25) is 0 Å². The number of rotatable bonds is 7. The van der Waals surface area contributed by atoms with Crippen LogP contribution in [0.4, 0.5) is 0 Å². The molecule has 0 saturated carbocycles. The molecule has 114 valence electrons. The molecule has 2 nitrogen and oxygen atoms in total. The molecule has 0 aromatic heterocycles. The maximum atomic E-state index is 11.7. The molecule has 0 spiro atoms. The number of thioether (sulfide) groups is 1. The lowest BCUT2D eigenvalue weighted by atomic mass is 10.2. The van der Waals surface area contributed by atoms with Gasteiger partial charge in [-0.05, 0) is 24.1 Å². The third-order valence-electron chi connectivity index (χ3n) is 3.16. The summed E-state index contributed by atoms with van der Waals surface area (Å²) in [5.41, 5.74) is 3.64. The normalized spacial score (nSPS) is 10.8. The summed E-state index contributed by atoms with van der Waals surface area (Å²) in [6.45, 7) is 2.78. The molecule has 0 atom stereocenters. The first-order chi connectivity index (χ1) is 10.7. The molecule has 1 N–H and O–H groups in total. The van der Waals surface area contributed by atoms with Crippen molar-refractivity contribution in [1.82, 2.24) is 5.32 Å². The van der Waals surface area contributed by atoms with Crippen molar-refractivity contribution in [3.63, 3.8) is 0 Å². The van der Waals surface area contributed by atoms with Crippen molar-refractivity contribution in [3.8, 4) is 0 Å². The molecule has 1 amide bonds. The Kier molecular flexibility index (Phi) is 6.78. The van der Waals surface area contributed by atoms with Gasteiger partial charge in [0.25, 0.3) is 0 Å². The van der Waals surface area contributed by atoms with E-state index < -0.39 is 0 Å². The Morgan fingerprint density at radius 3 is 2.55 bits per heavy atom. The van der Waals surface area contributed by atoms with Crippen molar-refractivity contribution in [3.05, 3.63) is 77.4 Å². The van der Waals surface area contributed by atoms with Crippen LogP contribution in [0, 0.1) is 6.92 Å². The smallest absolute Gasteiger partial charge is 0.244 e. The number of aryl methyl sites for hydroxylation is 1. The van der Waals surface area contributed by atoms with Crippen molar-refractivity contribution in [1.29, 1.82) is 0 Å². The Hall–Kier alpha value is -2.00. The molecule has 22 heavy (non-hydrogen) atoms. The highest BCUT2D eigenvalue weighted by Crippen LogP contribution is 2.12. The average Bonchev–Trinajstić information content (AvgIpc) is 2.55. The Balaban J connectivity index is 1.61. The van der Waals surface area contributed by atoms with Crippen molar-refractivity contribution < 1.29 is 4.79 Å². The number of amides is 1. The number of carbonyl (C=O) groups excluding carboxylic acids is 1. The molecule has 0 unspecified atom stereocenters. The van der Waals surface area contributed by atoms with Gasteiger partial charge in [0.05, 0.1) is 0 Å². The SMILES string of the molecule is Cc1ccc(CSCCNC(=O)/C=C/c2ccccc2)cc1. The summed E-state index contributed by atoms with van der Waals surface area (Å²) in [5.74, 6) is 1.86. The molecular formula is C19H21NOS. The summed E-state index contributed by atoms with van der Waals surface area (Å²) in [6, 6.07) is 18.4. The minimum absolute atomic E-state index is 0.0419. The summed E-state index contributed by atoms with van der Waals surface area (Å²) in [5, 5.41) is 2.90. The van der Waals surface area contributed by atoms with E-state index in [1.165, 1.54) is 11.1 Å². The van der Waals surface area contributed by atoms with Crippen LogP contribution in [-0.4, -0.2) is 18.2 Å². The number of nitrogens with one attached hydrogen (secondary N) is 1. The first kappa shape index (κ1) is 16.4. The van der Waals surface area contributed by atoms with Gasteiger partial charge in [-0.1, -0.05) is 60.2 Å². The van der Waals surface area contributed by atoms with Gasteiger partial charge in [-0.15, -0.1) is 0 Å². The summed E-state index contributed by atoms with van der Waals surface area (Å²) in [6.07, 6.45) is 3.41. The molecule has 0 heterocycles. The lowest BCUT2D eigenvalue weighted by Gasteiger charge is -2.03. The van der Waals surface area contributed by atoms with Gasteiger partial charge in [0.15, 0.2) is 0 Å². The second kappa shape index (κ2) is 9.11. The second-order valence-electron chi connectivity index (χ2n) is 5.07. The van der Waals surface area contributed by atoms with E-state index in [1.54, 1.807) is 6.08 Å². The summed E-state index contributed by atoms with van der Waals surface area (Å²) >= 11 is 1.83. The van der Waals surface area contributed by atoms with Gasteiger partial charge in [-0.2, -0.15) is 11.8 Å². The fourth-order valence-corrected chi connectivity index (χ4v) is 2.73. The van der Waals surface area contributed by atoms with Gasteiger partial charge in [-0.3, -0.25) is 4.79 Å². The zero-order chi connectivity index (χ0) is 15.6. The van der Waals surface area contributed by atoms with Gasteiger partial charge in [0.2, 0.25) is 5.91 Å². The number of benzene rings is 2. The van der Waals surface area contributed by atoms with Crippen molar-refractivity contribution in [2.24, 2.45) is 0 Å². The van der Waals surface area contributed by atoms with Crippen LogP contribution in [0.25, 0.3) is 6.08 Å². The van der Waals surface area contributed by atoms with Crippen molar-refractivity contribution >= 4 is 23.7 Å². The molecular weight excluding hydrogens is 290 g/mol.